The zero-order chi connectivity index (χ0) is 25.5. The molecule has 9 heteroatoms. The van der Waals surface area contributed by atoms with E-state index in [1.165, 1.54) is 6.07 Å². The molecule has 2 aliphatic heterocycles. The monoisotopic (exact) mass is 496 g/mol. The second-order valence-corrected chi connectivity index (χ2v) is 10.1. The van der Waals surface area contributed by atoms with Crippen LogP contribution in [0.5, 0.6) is 0 Å². The normalized spacial score (nSPS) is 21.3. The first kappa shape index (κ1) is 24.2. The van der Waals surface area contributed by atoms with Gasteiger partial charge in [0.05, 0.1) is 23.1 Å². The quantitative estimate of drug-likeness (QED) is 0.688. The molecule has 188 valence electrons. The summed E-state index contributed by atoms with van der Waals surface area (Å²) in [4.78, 5) is 30.1. The number of nitriles is 1. The van der Waals surface area contributed by atoms with E-state index < -0.39 is 22.7 Å². The third-order valence-corrected chi connectivity index (χ3v) is 7.75. The minimum absolute atomic E-state index is 0.0351. The molecular formula is C27H27F3N4O2. The number of nitrogens with one attached hydrogen (secondary N) is 1. The zero-order valence-electron chi connectivity index (χ0n) is 19.7. The zero-order valence-corrected chi connectivity index (χ0v) is 19.7. The van der Waals surface area contributed by atoms with Crippen LogP contribution in [0.15, 0.2) is 48.5 Å². The Morgan fingerprint density at radius 2 is 1.75 bits per heavy atom. The molecule has 1 unspecified atom stereocenters. The highest BCUT2D eigenvalue weighted by molar-refractivity contribution is 5.95. The Kier molecular flexibility index (Phi) is 6.15. The maximum Gasteiger partial charge on any atom is 0.417 e. The number of likely N-dealkylation sites (tertiary alicyclic amines) is 1. The van der Waals surface area contributed by atoms with E-state index in [-0.39, 0.29) is 23.8 Å². The van der Waals surface area contributed by atoms with Crippen LogP contribution in [-0.2, 0) is 11.0 Å². The van der Waals surface area contributed by atoms with Crippen molar-refractivity contribution in [3.63, 3.8) is 0 Å². The van der Waals surface area contributed by atoms with Gasteiger partial charge in [-0.2, -0.15) is 18.4 Å². The molecular weight excluding hydrogens is 469 g/mol. The van der Waals surface area contributed by atoms with Crippen LogP contribution < -0.4 is 10.2 Å². The highest BCUT2D eigenvalue weighted by Gasteiger charge is 2.53. The van der Waals surface area contributed by atoms with Crippen molar-refractivity contribution in [3.8, 4) is 6.07 Å². The van der Waals surface area contributed by atoms with Crippen LogP contribution in [0.25, 0.3) is 0 Å². The fraction of sp³-hybridized carbons (Fsp3) is 0.444. The average molecular weight is 497 g/mol. The average Bonchev–Trinajstić information content (AvgIpc) is 3.62. The maximum absolute atomic E-state index is 13.5. The van der Waals surface area contributed by atoms with E-state index >= 15 is 0 Å². The third-order valence-electron chi connectivity index (χ3n) is 7.75. The summed E-state index contributed by atoms with van der Waals surface area (Å²) < 4.78 is 40.4. The van der Waals surface area contributed by atoms with Gasteiger partial charge in [-0.3, -0.25) is 9.59 Å². The largest absolute Gasteiger partial charge is 0.417 e. The summed E-state index contributed by atoms with van der Waals surface area (Å²) in [6.07, 6.45) is -1.53. The second kappa shape index (κ2) is 9.16. The summed E-state index contributed by atoms with van der Waals surface area (Å²) in [6.45, 7) is 1.70. The van der Waals surface area contributed by atoms with Gasteiger partial charge in [0.15, 0.2) is 0 Å². The molecule has 0 radical (unpaired) electrons. The number of alkyl halides is 3. The lowest BCUT2D eigenvalue weighted by Gasteiger charge is -2.43. The van der Waals surface area contributed by atoms with Crippen LogP contribution in [0.2, 0.25) is 0 Å². The van der Waals surface area contributed by atoms with Crippen LogP contribution in [0.3, 0.4) is 0 Å². The molecule has 2 saturated heterocycles. The molecule has 2 aromatic carbocycles. The molecule has 3 fully saturated rings. The first-order chi connectivity index (χ1) is 17.2. The molecule has 1 aliphatic carbocycles. The number of carbonyl (C=O) groups excluding carboxylic acids is 2. The molecule has 1 spiro atoms. The van der Waals surface area contributed by atoms with E-state index in [9.17, 15) is 22.8 Å². The van der Waals surface area contributed by atoms with Gasteiger partial charge in [-0.05, 0) is 56.0 Å². The number of anilines is 1. The lowest BCUT2D eigenvalue weighted by Crippen LogP contribution is -2.49. The Balaban J connectivity index is 1.36. The lowest BCUT2D eigenvalue weighted by molar-refractivity contribution is -0.137. The van der Waals surface area contributed by atoms with Gasteiger partial charge in [0, 0.05) is 48.9 Å². The molecule has 1 N–H and O–H groups in total. The van der Waals surface area contributed by atoms with Crippen LogP contribution in [0, 0.1) is 22.7 Å². The topological polar surface area (TPSA) is 76.4 Å². The molecule has 2 aromatic rings. The minimum atomic E-state index is -4.62. The number of halogens is 3. The van der Waals surface area contributed by atoms with Gasteiger partial charge in [0.1, 0.15) is 0 Å². The van der Waals surface area contributed by atoms with E-state index in [1.807, 2.05) is 23.1 Å². The minimum Gasteiger partial charge on any atom is -0.371 e. The summed E-state index contributed by atoms with van der Waals surface area (Å²) in [5.74, 6) is -0.507. The van der Waals surface area contributed by atoms with E-state index in [2.05, 4.69) is 5.32 Å². The van der Waals surface area contributed by atoms with Crippen molar-refractivity contribution < 1.29 is 22.8 Å². The van der Waals surface area contributed by atoms with Gasteiger partial charge in [-0.25, -0.2) is 0 Å². The van der Waals surface area contributed by atoms with E-state index in [0.717, 1.165) is 18.9 Å². The van der Waals surface area contributed by atoms with Crippen molar-refractivity contribution >= 4 is 17.5 Å². The SMILES string of the molecule is N#Cc1ccc(N2CCC3(CC2)CN(C(=O)c2ccccc2)CC3C(=O)NC2CC2)cc1C(F)(F)F. The molecule has 5 rings (SSSR count). The molecule has 2 heterocycles. The molecule has 6 nitrogen and oxygen atoms in total. The van der Waals surface area contributed by atoms with Crippen molar-refractivity contribution in [3.05, 3.63) is 65.2 Å². The van der Waals surface area contributed by atoms with Crippen LogP contribution in [-0.4, -0.2) is 48.9 Å². The van der Waals surface area contributed by atoms with E-state index in [0.29, 0.717) is 50.3 Å². The molecule has 36 heavy (non-hydrogen) atoms. The number of benzene rings is 2. The molecule has 0 aromatic heterocycles. The number of amides is 2. The second-order valence-electron chi connectivity index (χ2n) is 10.1. The summed E-state index contributed by atoms with van der Waals surface area (Å²) in [5, 5.41) is 12.2. The Hall–Kier alpha value is -3.54. The number of hydrogen-bond acceptors (Lipinski definition) is 4. The van der Waals surface area contributed by atoms with Crippen molar-refractivity contribution in [1.82, 2.24) is 10.2 Å². The Bertz CT molecular complexity index is 1200. The lowest BCUT2D eigenvalue weighted by atomic mass is 9.70. The number of piperidine rings is 1. The van der Waals surface area contributed by atoms with Crippen molar-refractivity contribution in [1.29, 1.82) is 5.26 Å². The highest BCUT2D eigenvalue weighted by Crippen LogP contribution is 2.46. The van der Waals surface area contributed by atoms with Gasteiger partial charge in [0.2, 0.25) is 5.91 Å². The standard InChI is InChI=1S/C27H27F3N4O2/c28-27(29,30)22-14-21(9-6-19(22)15-31)33-12-10-26(11-13-33)17-34(25(36)18-4-2-1-3-5-18)16-23(26)24(35)32-20-7-8-20/h1-6,9,14,20,23H,7-8,10-13,16-17H2,(H,32,35). The van der Waals surface area contributed by atoms with Crippen LogP contribution in [0.4, 0.5) is 18.9 Å². The molecule has 0 bridgehead atoms. The van der Waals surface area contributed by atoms with Gasteiger partial charge in [0.25, 0.3) is 5.91 Å². The fourth-order valence-corrected chi connectivity index (χ4v) is 5.56. The van der Waals surface area contributed by atoms with Gasteiger partial charge in [-0.1, -0.05) is 18.2 Å². The van der Waals surface area contributed by atoms with Gasteiger partial charge >= 0.3 is 6.18 Å². The molecule has 1 saturated carbocycles. The van der Waals surface area contributed by atoms with Crippen molar-refractivity contribution in [2.24, 2.45) is 11.3 Å². The van der Waals surface area contributed by atoms with Gasteiger partial charge in [-0.15, -0.1) is 0 Å². The first-order valence-electron chi connectivity index (χ1n) is 12.2. The predicted molar refractivity (Wildman–Crippen MR) is 127 cm³/mol. The fourth-order valence-electron chi connectivity index (χ4n) is 5.56. The number of nitrogens with zero attached hydrogens (tertiary/aromatic N) is 3. The predicted octanol–water partition coefficient (Wildman–Crippen LogP) is 4.21. The maximum atomic E-state index is 13.5. The highest BCUT2D eigenvalue weighted by atomic mass is 19.4. The molecule has 1 atom stereocenters. The van der Waals surface area contributed by atoms with Crippen LogP contribution in [0.1, 0.15) is 47.2 Å². The Morgan fingerprint density at radius 3 is 2.36 bits per heavy atom. The van der Waals surface area contributed by atoms with Crippen molar-refractivity contribution in [2.75, 3.05) is 31.1 Å². The van der Waals surface area contributed by atoms with Gasteiger partial charge < -0.3 is 15.1 Å². The summed E-state index contributed by atoms with van der Waals surface area (Å²) in [7, 11) is 0. The van der Waals surface area contributed by atoms with E-state index in [1.54, 1.807) is 29.2 Å². The Morgan fingerprint density at radius 1 is 1.06 bits per heavy atom. The van der Waals surface area contributed by atoms with Crippen LogP contribution >= 0.6 is 0 Å². The first-order valence-corrected chi connectivity index (χ1v) is 12.2. The summed E-state index contributed by atoms with van der Waals surface area (Å²) >= 11 is 0. The molecule has 2 amide bonds. The Labute approximate surface area is 207 Å². The summed E-state index contributed by atoms with van der Waals surface area (Å²) in [5.41, 5.74) is -0.789. The molecule has 3 aliphatic rings. The summed E-state index contributed by atoms with van der Waals surface area (Å²) in [6, 6.07) is 14.6. The number of rotatable bonds is 4. The van der Waals surface area contributed by atoms with Crippen molar-refractivity contribution in [2.45, 2.75) is 37.9 Å². The number of carbonyl (C=O) groups is 2. The number of hydrogen-bond donors (Lipinski definition) is 1. The smallest absolute Gasteiger partial charge is 0.371 e. The third kappa shape index (κ3) is 4.64. The van der Waals surface area contributed by atoms with E-state index in [4.69, 9.17) is 5.26 Å².